The van der Waals surface area contributed by atoms with Crippen LogP contribution in [0.15, 0.2) is 60.5 Å². The number of rotatable bonds is 5. The maximum absolute atomic E-state index is 12.1. The molecule has 0 aliphatic carbocycles. The molecule has 0 atom stereocenters. The number of hydrogen-bond acceptors (Lipinski definition) is 4. The van der Waals surface area contributed by atoms with E-state index in [0.29, 0.717) is 11.4 Å². The first-order valence-electron chi connectivity index (χ1n) is 6.64. The van der Waals surface area contributed by atoms with Crippen molar-refractivity contribution in [2.45, 2.75) is 0 Å². The molecule has 3 N–H and O–H groups in total. The summed E-state index contributed by atoms with van der Waals surface area (Å²) in [4.78, 5) is 13.1. The van der Waals surface area contributed by atoms with Crippen molar-refractivity contribution in [1.82, 2.24) is 21.0 Å². The Bertz CT molecular complexity index is 778. The molecule has 0 aliphatic rings. The predicted molar refractivity (Wildman–Crippen MR) is 88.0 cm³/mol. The highest BCUT2D eigenvalue weighted by Gasteiger charge is 2.11. The molecular formula is C16H14N4OS. The molecule has 0 unspecified atom stereocenters. The highest BCUT2D eigenvalue weighted by Crippen LogP contribution is 2.22. The molecule has 2 aromatic heterocycles. The monoisotopic (exact) mass is 310 g/mol. The zero-order chi connectivity index (χ0) is 15.4. The summed E-state index contributed by atoms with van der Waals surface area (Å²) in [5.74, 6) is -0.323. The Morgan fingerprint density at radius 2 is 1.95 bits per heavy atom. The average Bonchev–Trinajstić information content (AvgIpc) is 3.23. The SMILES string of the molecule is C=C(NNC(=O)c1cc(-c2cccs2)[nH]n1)c1ccccc1. The van der Waals surface area contributed by atoms with Crippen LogP contribution in [0, 0.1) is 0 Å². The van der Waals surface area contributed by atoms with Gasteiger partial charge in [-0.2, -0.15) is 5.10 Å². The van der Waals surface area contributed by atoms with Gasteiger partial charge in [0.1, 0.15) is 0 Å². The molecule has 0 bridgehead atoms. The quantitative estimate of drug-likeness (QED) is 0.634. The van der Waals surface area contributed by atoms with Crippen molar-refractivity contribution in [1.29, 1.82) is 0 Å². The molecular weight excluding hydrogens is 296 g/mol. The maximum atomic E-state index is 12.1. The van der Waals surface area contributed by atoms with E-state index in [1.165, 1.54) is 0 Å². The summed E-state index contributed by atoms with van der Waals surface area (Å²) in [6, 6.07) is 15.2. The molecule has 3 rings (SSSR count). The fourth-order valence-corrected chi connectivity index (χ4v) is 2.60. The van der Waals surface area contributed by atoms with Crippen molar-refractivity contribution in [3.63, 3.8) is 0 Å². The van der Waals surface area contributed by atoms with Gasteiger partial charge in [0.15, 0.2) is 5.69 Å². The van der Waals surface area contributed by atoms with Crippen molar-refractivity contribution in [2.75, 3.05) is 0 Å². The summed E-state index contributed by atoms with van der Waals surface area (Å²) in [6.45, 7) is 3.88. The van der Waals surface area contributed by atoms with Gasteiger partial charge in [0.2, 0.25) is 0 Å². The molecule has 6 heteroatoms. The lowest BCUT2D eigenvalue weighted by molar-refractivity contribution is 0.0937. The van der Waals surface area contributed by atoms with Crippen LogP contribution in [0.25, 0.3) is 16.3 Å². The van der Waals surface area contributed by atoms with E-state index in [4.69, 9.17) is 0 Å². The van der Waals surface area contributed by atoms with Crippen LogP contribution >= 0.6 is 11.3 Å². The molecule has 110 valence electrons. The number of nitrogens with one attached hydrogen (secondary N) is 3. The number of amides is 1. The first-order valence-corrected chi connectivity index (χ1v) is 7.52. The van der Waals surface area contributed by atoms with Crippen LogP contribution in [0.5, 0.6) is 0 Å². The third-order valence-electron chi connectivity index (χ3n) is 3.05. The number of carbonyl (C=O) groups excluding carboxylic acids is 1. The zero-order valence-electron chi connectivity index (χ0n) is 11.7. The molecule has 0 saturated carbocycles. The molecule has 1 aromatic carbocycles. The van der Waals surface area contributed by atoms with E-state index in [1.54, 1.807) is 17.4 Å². The van der Waals surface area contributed by atoms with Gasteiger partial charge in [0, 0.05) is 0 Å². The summed E-state index contributed by atoms with van der Waals surface area (Å²) in [5, 5.41) is 8.85. The smallest absolute Gasteiger partial charge is 0.290 e. The van der Waals surface area contributed by atoms with E-state index >= 15 is 0 Å². The molecule has 0 spiro atoms. The van der Waals surface area contributed by atoms with Gasteiger partial charge in [-0.15, -0.1) is 11.3 Å². The fourth-order valence-electron chi connectivity index (χ4n) is 1.90. The van der Waals surface area contributed by atoms with Gasteiger partial charge in [0.05, 0.1) is 16.3 Å². The summed E-state index contributed by atoms with van der Waals surface area (Å²) in [7, 11) is 0. The molecule has 0 radical (unpaired) electrons. The largest absolute Gasteiger partial charge is 0.298 e. The van der Waals surface area contributed by atoms with E-state index in [-0.39, 0.29) is 5.91 Å². The molecule has 5 nitrogen and oxygen atoms in total. The Kier molecular flexibility index (Phi) is 4.02. The van der Waals surface area contributed by atoms with Gasteiger partial charge in [-0.05, 0) is 23.1 Å². The highest BCUT2D eigenvalue weighted by atomic mass is 32.1. The number of benzene rings is 1. The number of thiophene rings is 1. The Hall–Kier alpha value is -2.86. The summed E-state index contributed by atoms with van der Waals surface area (Å²) in [5.41, 5.74) is 8.04. The molecule has 0 fully saturated rings. The van der Waals surface area contributed by atoms with E-state index < -0.39 is 0 Å². The normalized spacial score (nSPS) is 10.2. The number of nitrogens with zero attached hydrogens (tertiary/aromatic N) is 1. The van der Waals surface area contributed by atoms with Crippen molar-refractivity contribution in [2.24, 2.45) is 0 Å². The lowest BCUT2D eigenvalue weighted by Gasteiger charge is -2.09. The van der Waals surface area contributed by atoms with E-state index in [2.05, 4.69) is 27.6 Å². The molecule has 22 heavy (non-hydrogen) atoms. The fraction of sp³-hybridized carbons (Fsp3) is 0. The number of hydrazine groups is 1. The summed E-state index contributed by atoms with van der Waals surface area (Å²) in [6.07, 6.45) is 0. The van der Waals surface area contributed by atoms with Crippen molar-refractivity contribution in [3.8, 4) is 10.6 Å². The standard InChI is InChI=1S/C16H14N4OS/c1-11(12-6-3-2-4-7-12)17-20-16(21)14-10-13(18-19-14)15-8-5-9-22-15/h2-10,17H,1H2,(H,18,19)(H,20,21). The molecule has 2 heterocycles. The number of aromatic nitrogens is 2. The first-order chi connectivity index (χ1) is 10.7. The third kappa shape index (κ3) is 3.07. The van der Waals surface area contributed by atoms with Crippen molar-refractivity contribution < 1.29 is 4.79 Å². The number of hydrogen-bond donors (Lipinski definition) is 3. The Labute approximate surface area is 131 Å². The van der Waals surface area contributed by atoms with Crippen LogP contribution in [-0.4, -0.2) is 16.1 Å². The minimum absolute atomic E-state index is 0.316. The van der Waals surface area contributed by atoms with Crippen LogP contribution in [0.1, 0.15) is 16.1 Å². The average molecular weight is 310 g/mol. The summed E-state index contributed by atoms with van der Waals surface area (Å²) >= 11 is 1.58. The topological polar surface area (TPSA) is 69.8 Å². The van der Waals surface area contributed by atoms with E-state index in [1.807, 2.05) is 47.8 Å². The minimum Gasteiger partial charge on any atom is -0.298 e. The Balaban J connectivity index is 1.62. The van der Waals surface area contributed by atoms with Crippen molar-refractivity contribution >= 4 is 22.9 Å². The first kappa shape index (κ1) is 14.1. The van der Waals surface area contributed by atoms with Gasteiger partial charge in [0.25, 0.3) is 5.91 Å². The highest BCUT2D eigenvalue weighted by molar-refractivity contribution is 7.13. The van der Waals surface area contributed by atoms with Gasteiger partial charge >= 0.3 is 0 Å². The van der Waals surface area contributed by atoms with E-state index in [0.717, 1.165) is 16.1 Å². The minimum atomic E-state index is -0.323. The van der Waals surface area contributed by atoms with Gasteiger partial charge in [-0.25, -0.2) is 0 Å². The van der Waals surface area contributed by atoms with Crippen LogP contribution in [0.3, 0.4) is 0 Å². The zero-order valence-corrected chi connectivity index (χ0v) is 12.5. The van der Waals surface area contributed by atoms with Crippen molar-refractivity contribution in [3.05, 3.63) is 71.7 Å². The molecule has 0 saturated heterocycles. The summed E-state index contributed by atoms with van der Waals surface area (Å²) < 4.78 is 0. The second-order valence-electron chi connectivity index (χ2n) is 4.57. The number of carbonyl (C=O) groups is 1. The van der Waals surface area contributed by atoms with Gasteiger partial charge < -0.3 is 0 Å². The van der Waals surface area contributed by atoms with Gasteiger partial charge in [-0.3, -0.25) is 20.7 Å². The lowest BCUT2D eigenvalue weighted by atomic mass is 10.2. The Morgan fingerprint density at radius 1 is 1.14 bits per heavy atom. The molecule has 3 aromatic rings. The second-order valence-corrected chi connectivity index (χ2v) is 5.52. The molecule has 0 aliphatic heterocycles. The van der Waals surface area contributed by atoms with Gasteiger partial charge in [-0.1, -0.05) is 43.0 Å². The second kappa shape index (κ2) is 6.28. The Morgan fingerprint density at radius 3 is 2.68 bits per heavy atom. The van der Waals surface area contributed by atoms with Crippen LogP contribution < -0.4 is 10.9 Å². The number of aromatic amines is 1. The lowest BCUT2D eigenvalue weighted by Crippen LogP contribution is -2.36. The molecule has 1 amide bonds. The van der Waals surface area contributed by atoms with Crippen LogP contribution in [0.2, 0.25) is 0 Å². The van der Waals surface area contributed by atoms with Crippen LogP contribution in [-0.2, 0) is 0 Å². The van der Waals surface area contributed by atoms with E-state index in [9.17, 15) is 4.79 Å². The predicted octanol–water partition coefficient (Wildman–Crippen LogP) is 3.04. The maximum Gasteiger partial charge on any atom is 0.290 e. The third-order valence-corrected chi connectivity index (χ3v) is 3.95. The van der Waals surface area contributed by atoms with Crippen LogP contribution in [0.4, 0.5) is 0 Å². The number of H-pyrrole nitrogens is 1.